The van der Waals surface area contributed by atoms with Gasteiger partial charge in [-0.15, -0.1) is 0 Å². The monoisotopic (exact) mass is 303 g/mol. The van der Waals surface area contributed by atoms with Gasteiger partial charge in [0.1, 0.15) is 11.4 Å². The zero-order valence-corrected chi connectivity index (χ0v) is 13.4. The molecule has 0 aliphatic carbocycles. The van der Waals surface area contributed by atoms with E-state index in [1.54, 1.807) is 0 Å². The number of hydrogen-bond donors (Lipinski definition) is 1. The second-order valence-corrected chi connectivity index (χ2v) is 5.96. The third-order valence-corrected chi connectivity index (χ3v) is 4.03. The maximum Gasteiger partial charge on any atom is 0.123 e. The Kier molecular flexibility index (Phi) is 5.27. The van der Waals surface area contributed by atoms with Gasteiger partial charge in [0.15, 0.2) is 0 Å². The molecule has 0 radical (unpaired) electrons. The number of ether oxygens (including phenoxy) is 1. The van der Waals surface area contributed by atoms with Crippen LogP contribution < -0.4 is 10.5 Å². The zero-order chi connectivity index (χ0) is 15.3. The van der Waals surface area contributed by atoms with Gasteiger partial charge in [-0.25, -0.2) is 0 Å². The fourth-order valence-corrected chi connectivity index (χ4v) is 2.32. The van der Waals surface area contributed by atoms with Crippen LogP contribution in [0.5, 0.6) is 5.75 Å². The van der Waals surface area contributed by atoms with Crippen molar-refractivity contribution in [3.05, 3.63) is 64.7 Å². The molecule has 3 heteroatoms. The molecule has 0 saturated carbocycles. The number of rotatable bonds is 6. The molecule has 0 fully saturated rings. The normalized spacial score (nSPS) is 13.7. The van der Waals surface area contributed by atoms with Crippen LogP contribution in [0.1, 0.15) is 31.4 Å². The topological polar surface area (TPSA) is 35.2 Å². The summed E-state index contributed by atoms with van der Waals surface area (Å²) in [5.74, 6) is 0.859. The minimum absolute atomic E-state index is 0.348. The van der Waals surface area contributed by atoms with Crippen molar-refractivity contribution in [3.8, 4) is 5.75 Å². The lowest BCUT2D eigenvalue weighted by Gasteiger charge is -2.29. The van der Waals surface area contributed by atoms with E-state index in [0.29, 0.717) is 6.54 Å². The maximum absolute atomic E-state index is 6.18. The van der Waals surface area contributed by atoms with Crippen LogP contribution in [-0.2, 0) is 6.42 Å². The molecule has 1 unspecified atom stereocenters. The highest BCUT2D eigenvalue weighted by Gasteiger charge is 2.23. The molecule has 2 aromatic rings. The van der Waals surface area contributed by atoms with Gasteiger partial charge >= 0.3 is 0 Å². The van der Waals surface area contributed by atoms with Crippen molar-refractivity contribution in [3.63, 3.8) is 0 Å². The second kappa shape index (κ2) is 6.97. The molecular formula is C18H22ClNO. The summed E-state index contributed by atoms with van der Waals surface area (Å²) in [7, 11) is 0. The summed E-state index contributed by atoms with van der Waals surface area (Å²) in [6.45, 7) is 4.60. The van der Waals surface area contributed by atoms with Crippen molar-refractivity contribution in [1.82, 2.24) is 0 Å². The lowest BCUT2D eigenvalue weighted by Crippen LogP contribution is -2.40. The van der Waals surface area contributed by atoms with E-state index in [9.17, 15) is 0 Å². The van der Waals surface area contributed by atoms with Gasteiger partial charge in [0, 0.05) is 23.6 Å². The first kappa shape index (κ1) is 15.9. The predicted octanol–water partition coefficient (Wildman–Crippen LogP) is 4.44. The average Bonchev–Trinajstić information content (AvgIpc) is 2.51. The molecule has 2 nitrogen and oxygen atoms in total. The van der Waals surface area contributed by atoms with Gasteiger partial charge in [-0.1, -0.05) is 48.9 Å². The van der Waals surface area contributed by atoms with E-state index in [1.807, 2.05) is 43.3 Å². The van der Waals surface area contributed by atoms with Gasteiger partial charge in [0.2, 0.25) is 0 Å². The van der Waals surface area contributed by atoms with E-state index in [-0.39, 0.29) is 5.60 Å². The summed E-state index contributed by atoms with van der Waals surface area (Å²) in [6, 6.07) is 16.1. The molecule has 0 aliphatic heterocycles. The van der Waals surface area contributed by atoms with Gasteiger partial charge < -0.3 is 10.5 Å². The Morgan fingerprint density at radius 2 is 1.86 bits per heavy atom. The molecule has 0 aromatic heterocycles. The van der Waals surface area contributed by atoms with E-state index >= 15 is 0 Å². The molecular weight excluding hydrogens is 282 g/mol. The molecule has 0 amide bonds. The summed E-state index contributed by atoms with van der Waals surface area (Å²) >= 11 is 6.14. The average molecular weight is 304 g/mol. The van der Waals surface area contributed by atoms with Crippen LogP contribution in [0.25, 0.3) is 0 Å². The molecule has 0 heterocycles. The highest BCUT2D eigenvalue weighted by atomic mass is 35.5. The number of halogens is 1. The zero-order valence-electron chi connectivity index (χ0n) is 12.6. The lowest BCUT2D eigenvalue weighted by atomic mass is 10.0. The molecule has 2 rings (SSSR count). The van der Waals surface area contributed by atoms with E-state index in [0.717, 1.165) is 29.2 Å². The summed E-state index contributed by atoms with van der Waals surface area (Å²) in [4.78, 5) is 0. The van der Waals surface area contributed by atoms with Crippen molar-refractivity contribution in [2.24, 2.45) is 5.73 Å². The standard InChI is InChI=1S/C18H22ClNO/c1-3-18(2,13-20)21-17-10-9-16(19)12-15(17)11-14-7-5-4-6-8-14/h4-10,12H,3,11,13,20H2,1-2H3. The van der Waals surface area contributed by atoms with Crippen molar-refractivity contribution in [2.45, 2.75) is 32.3 Å². The fourth-order valence-electron chi connectivity index (χ4n) is 2.13. The maximum atomic E-state index is 6.18. The molecule has 2 N–H and O–H groups in total. The van der Waals surface area contributed by atoms with Crippen LogP contribution in [0.4, 0.5) is 0 Å². The van der Waals surface area contributed by atoms with Crippen LogP contribution in [0, 0.1) is 0 Å². The number of nitrogens with two attached hydrogens (primary N) is 1. The SMILES string of the molecule is CCC(C)(CN)Oc1ccc(Cl)cc1Cc1ccccc1. The summed E-state index contributed by atoms with van der Waals surface area (Å²) in [6.07, 6.45) is 1.65. The molecule has 0 aliphatic rings. The summed E-state index contributed by atoms with van der Waals surface area (Å²) < 4.78 is 6.18. The van der Waals surface area contributed by atoms with Crippen molar-refractivity contribution >= 4 is 11.6 Å². The third-order valence-electron chi connectivity index (χ3n) is 3.80. The van der Waals surface area contributed by atoms with Gasteiger partial charge in [-0.3, -0.25) is 0 Å². The van der Waals surface area contributed by atoms with Crippen molar-refractivity contribution in [2.75, 3.05) is 6.54 Å². The number of benzene rings is 2. The van der Waals surface area contributed by atoms with Crippen LogP contribution in [0.3, 0.4) is 0 Å². The minimum Gasteiger partial charge on any atom is -0.486 e. The molecule has 21 heavy (non-hydrogen) atoms. The number of hydrogen-bond acceptors (Lipinski definition) is 2. The van der Waals surface area contributed by atoms with E-state index in [2.05, 4.69) is 19.1 Å². The Bertz CT molecular complexity index is 579. The highest BCUT2D eigenvalue weighted by Crippen LogP contribution is 2.29. The smallest absolute Gasteiger partial charge is 0.123 e. The second-order valence-electron chi connectivity index (χ2n) is 5.52. The minimum atomic E-state index is -0.348. The van der Waals surface area contributed by atoms with Gasteiger partial charge in [0.05, 0.1) is 0 Å². The highest BCUT2D eigenvalue weighted by molar-refractivity contribution is 6.30. The Morgan fingerprint density at radius 3 is 2.48 bits per heavy atom. The molecule has 0 spiro atoms. The molecule has 0 bridgehead atoms. The van der Waals surface area contributed by atoms with E-state index < -0.39 is 0 Å². The van der Waals surface area contributed by atoms with E-state index in [1.165, 1.54) is 5.56 Å². The molecule has 112 valence electrons. The molecule has 1 atom stereocenters. The molecule has 0 saturated heterocycles. The van der Waals surface area contributed by atoms with Crippen LogP contribution >= 0.6 is 11.6 Å². The Balaban J connectivity index is 2.29. The summed E-state index contributed by atoms with van der Waals surface area (Å²) in [5.41, 5.74) is 7.82. The third kappa shape index (κ3) is 4.23. The largest absolute Gasteiger partial charge is 0.486 e. The van der Waals surface area contributed by atoms with Crippen LogP contribution in [0.2, 0.25) is 5.02 Å². The fraction of sp³-hybridized carbons (Fsp3) is 0.333. The Hall–Kier alpha value is -1.51. The van der Waals surface area contributed by atoms with Gasteiger partial charge in [0.25, 0.3) is 0 Å². The van der Waals surface area contributed by atoms with Crippen LogP contribution in [-0.4, -0.2) is 12.1 Å². The Morgan fingerprint density at radius 1 is 1.14 bits per heavy atom. The van der Waals surface area contributed by atoms with Gasteiger partial charge in [-0.2, -0.15) is 0 Å². The molecule has 2 aromatic carbocycles. The lowest BCUT2D eigenvalue weighted by molar-refractivity contribution is 0.0924. The Labute approximate surface area is 131 Å². The van der Waals surface area contributed by atoms with Crippen molar-refractivity contribution in [1.29, 1.82) is 0 Å². The quantitative estimate of drug-likeness (QED) is 0.856. The first-order valence-corrected chi connectivity index (χ1v) is 7.65. The summed E-state index contributed by atoms with van der Waals surface area (Å²) in [5, 5.41) is 0.722. The van der Waals surface area contributed by atoms with Crippen LogP contribution in [0.15, 0.2) is 48.5 Å². The van der Waals surface area contributed by atoms with Gasteiger partial charge in [-0.05, 0) is 37.1 Å². The van der Waals surface area contributed by atoms with E-state index in [4.69, 9.17) is 22.1 Å². The first-order chi connectivity index (χ1) is 10.1. The first-order valence-electron chi connectivity index (χ1n) is 7.28. The predicted molar refractivity (Wildman–Crippen MR) is 89.1 cm³/mol. The van der Waals surface area contributed by atoms with Crippen molar-refractivity contribution < 1.29 is 4.74 Å².